The van der Waals surface area contributed by atoms with Crippen molar-refractivity contribution < 1.29 is 13.6 Å². The molecule has 88 valence electrons. The molecule has 0 amide bonds. The Bertz CT molecular complexity index is 279. The maximum Gasteiger partial charge on any atom is 0.380 e. The molecular formula is C7H15N2O3PS2. The first-order valence-electron chi connectivity index (χ1n) is 4.61. The second-order valence-electron chi connectivity index (χ2n) is 2.60. The summed E-state index contributed by atoms with van der Waals surface area (Å²) < 4.78 is 22.2. The highest BCUT2D eigenvalue weighted by Crippen LogP contribution is 2.71. The number of azo groups is 1. The molecule has 1 heterocycles. The van der Waals surface area contributed by atoms with Gasteiger partial charge in [0.25, 0.3) is 3.94 Å². The van der Waals surface area contributed by atoms with Gasteiger partial charge in [0.05, 0.1) is 13.2 Å². The zero-order valence-corrected chi connectivity index (χ0v) is 11.5. The molecule has 1 aliphatic rings. The van der Waals surface area contributed by atoms with E-state index in [0.717, 1.165) is 0 Å². The molecule has 5 nitrogen and oxygen atoms in total. The summed E-state index contributed by atoms with van der Waals surface area (Å²) in [4.78, 5) is 0. The molecule has 1 rings (SSSR count). The summed E-state index contributed by atoms with van der Waals surface area (Å²) in [6.45, 7) is 4.26. The van der Waals surface area contributed by atoms with Crippen LogP contribution in [0.1, 0.15) is 13.8 Å². The quantitative estimate of drug-likeness (QED) is 0.692. The summed E-state index contributed by atoms with van der Waals surface area (Å²) in [7, 11) is -3.23. The van der Waals surface area contributed by atoms with Crippen LogP contribution in [0.25, 0.3) is 0 Å². The van der Waals surface area contributed by atoms with Crippen molar-refractivity contribution in [3.8, 4) is 0 Å². The predicted molar refractivity (Wildman–Crippen MR) is 64.4 cm³/mol. The van der Waals surface area contributed by atoms with E-state index in [2.05, 4.69) is 10.2 Å². The smallest absolute Gasteiger partial charge is 0.306 e. The Morgan fingerprint density at radius 3 is 2.40 bits per heavy atom. The standard InChI is InChI=1S/C7H15N2O3PS2/c1-4-11-13(10,12-5-2)7(14-3)9-8-6-15-7/h4-6H2,1-3H3. The van der Waals surface area contributed by atoms with Crippen LogP contribution in [0.3, 0.4) is 0 Å². The number of thioether (sulfide) groups is 2. The summed E-state index contributed by atoms with van der Waals surface area (Å²) in [5, 5.41) is 7.91. The fourth-order valence-electron chi connectivity index (χ4n) is 1.15. The third kappa shape index (κ3) is 2.58. The van der Waals surface area contributed by atoms with E-state index in [9.17, 15) is 4.57 Å². The molecular weight excluding hydrogens is 255 g/mol. The molecule has 0 bridgehead atoms. The van der Waals surface area contributed by atoms with Crippen LogP contribution >= 0.6 is 31.1 Å². The van der Waals surface area contributed by atoms with Gasteiger partial charge in [-0.1, -0.05) is 11.8 Å². The molecule has 1 unspecified atom stereocenters. The van der Waals surface area contributed by atoms with Gasteiger partial charge in [0.1, 0.15) is 5.88 Å². The molecule has 0 saturated carbocycles. The molecule has 8 heteroatoms. The van der Waals surface area contributed by atoms with Crippen LogP contribution in [-0.4, -0.2) is 29.3 Å². The first-order valence-corrected chi connectivity index (χ1v) is 8.36. The highest BCUT2D eigenvalue weighted by Gasteiger charge is 2.54. The van der Waals surface area contributed by atoms with Gasteiger partial charge >= 0.3 is 7.60 Å². The maximum absolute atomic E-state index is 12.5. The highest BCUT2D eigenvalue weighted by atomic mass is 32.2. The second kappa shape index (κ2) is 5.68. The van der Waals surface area contributed by atoms with Crippen molar-refractivity contribution in [2.24, 2.45) is 10.2 Å². The predicted octanol–water partition coefficient (Wildman–Crippen LogP) is 3.38. The molecule has 0 aromatic heterocycles. The Balaban J connectivity index is 2.95. The normalized spacial score (nSPS) is 26.1. The van der Waals surface area contributed by atoms with E-state index in [0.29, 0.717) is 19.1 Å². The van der Waals surface area contributed by atoms with E-state index in [1.165, 1.54) is 23.5 Å². The molecule has 1 atom stereocenters. The average molecular weight is 270 g/mol. The minimum Gasteiger partial charge on any atom is -0.306 e. The number of hydrogen-bond donors (Lipinski definition) is 0. The molecule has 1 aliphatic heterocycles. The van der Waals surface area contributed by atoms with Crippen LogP contribution in [0, 0.1) is 0 Å². The van der Waals surface area contributed by atoms with Gasteiger partial charge < -0.3 is 9.05 Å². The Hall–Kier alpha value is 0.450. The first-order chi connectivity index (χ1) is 7.14. The summed E-state index contributed by atoms with van der Waals surface area (Å²) in [5.74, 6) is 0.505. The van der Waals surface area contributed by atoms with Crippen molar-refractivity contribution in [2.45, 2.75) is 17.8 Å². The zero-order valence-electron chi connectivity index (χ0n) is 9.00. The van der Waals surface area contributed by atoms with E-state index in [1.54, 1.807) is 13.8 Å². The van der Waals surface area contributed by atoms with Crippen molar-refractivity contribution in [1.29, 1.82) is 0 Å². The van der Waals surface area contributed by atoms with Crippen molar-refractivity contribution in [1.82, 2.24) is 0 Å². The number of rotatable bonds is 6. The van der Waals surface area contributed by atoms with E-state index in [1.807, 2.05) is 6.26 Å². The fourth-order valence-corrected chi connectivity index (χ4v) is 5.90. The lowest BCUT2D eigenvalue weighted by Crippen LogP contribution is -2.18. The van der Waals surface area contributed by atoms with Crippen molar-refractivity contribution in [3.63, 3.8) is 0 Å². The zero-order chi connectivity index (χ0) is 11.4. The largest absolute Gasteiger partial charge is 0.380 e. The highest BCUT2D eigenvalue weighted by molar-refractivity contribution is 8.25. The van der Waals surface area contributed by atoms with E-state index >= 15 is 0 Å². The van der Waals surface area contributed by atoms with Crippen molar-refractivity contribution in [3.05, 3.63) is 0 Å². The van der Waals surface area contributed by atoms with Crippen LogP contribution in [0.5, 0.6) is 0 Å². The SMILES string of the molecule is CCOP(=O)(OCC)C1(SC)N=NCS1. The van der Waals surface area contributed by atoms with Gasteiger partial charge in [0, 0.05) is 0 Å². The average Bonchev–Trinajstić information content (AvgIpc) is 2.68. The lowest BCUT2D eigenvalue weighted by Gasteiger charge is -2.29. The van der Waals surface area contributed by atoms with Gasteiger partial charge in [-0.3, -0.25) is 4.57 Å². The molecule has 0 N–H and O–H groups in total. The molecule has 0 fully saturated rings. The molecule has 0 radical (unpaired) electrons. The Labute approximate surface area is 98.3 Å². The van der Waals surface area contributed by atoms with Gasteiger partial charge in [-0.25, -0.2) is 0 Å². The summed E-state index contributed by atoms with van der Waals surface area (Å²) in [5.41, 5.74) is 0. The molecule has 0 aliphatic carbocycles. The summed E-state index contributed by atoms with van der Waals surface area (Å²) >= 11 is 2.75. The lowest BCUT2D eigenvalue weighted by molar-refractivity contribution is 0.216. The van der Waals surface area contributed by atoms with Crippen LogP contribution in [0.4, 0.5) is 0 Å². The van der Waals surface area contributed by atoms with Gasteiger partial charge in [-0.05, 0) is 20.1 Å². The topological polar surface area (TPSA) is 60.2 Å². The Morgan fingerprint density at radius 2 is 2.07 bits per heavy atom. The number of nitrogens with zero attached hydrogens (tertiary/aromatic N) is 2. The molecule has 0 aromatic rings. The van der Waals surface area contributed by atoms with Crippen LogP contribution in [0.15, 0.2) is 10.2 Å². The first kappa shape index (κ1) is 13.5. The second-order valence-corrected chi connectivity index (χ2v) is 7.76. The van der Waals surface area contributed by atoms with Gasteiger partial charge in [0.15, 0.2) is 0 Å². The third-order valence-corrected chi connectivity index (χ3v) is 8.14. The number of hydrogen-bond acceptors (Lipinski definition) is 7. The summed E-state index contributed by atoms with van der Waals surface area (Å²) in [6.07, 6.45) is 1.84. The van der Waals surface area contributed by atoms with E-state index in [4.69, 9.17) is 9.05 Å². The Kier molecular flexibility index (Phi) is 5.12. The molecule has 0 aromatic carbocycles. The van der Waals surface area contributed by atoms with Gasteiger partial charge in [-0.2, -0.15) is 10.2 Å². The maximum atomic E-state index is 12.5. The van der Waals surface area contributed by atoms with E-state index < -0.39 is 11.5 Å². The van der Waals surface area contributed by atoms with Gasteiger partial charge in [0.2, 0.25) is 0 Å². The molecule has 0 spiro atoms. The van der Waals surface area contributed by atoms with E-state index in [-0.39, 0.29) is 0 Å². The minimum atomic E-state index is -3.23. The van der Waals surface area contributed by atoms with Crippen molar-refractivity contribution in [2.75, 3.05) is 25.3 Å². The van der Waals surface area contributed by atoms with Crippen LogP contribution < -0.4 is 0 Å². The lowest BCUT2D eigenvalue weighted by atomic mass is 10.9. The third-order valence-electron chi connectivity index (χ3n) is 1.72. The summed E-state index contributed by atoms with van der Waals surface area (Å²) in [6, 6.07) is 0. The van der Waals surface area contributed by atoms with Crippen LogP contribution in [-0.2, 0) is 13.6 Å². The van der Waals surface area contributed by atoms with Gasteiger partial charge in [-0.15, -0.1) is 11.8 Å². The molecule has 15 heavy (non-hydrogen) atoms. The van der Waals surface area contributed by atoms with Crippen LogP contribution in [0.2, 0.25) is 0 Å². The minimum absolute atomic E-state index is 0.343. The monoisotopic (exact) mass is 270 g/mol. The van der Waals surface area contributed by atoms with Crippen molar-refractivity contribution >= 4 is 31.1 Å². The fraction of sp³-hybridized carbons (Fsp3) is 1.00. The Morgan fingerprint density at radius 1 is 1.47 bits per heavy atom. The molecule has 0 saturated heterocycles.